The molecule has 0 fully saturated rings. The van der Waals surface area contributed by atoms with E-state index < -0.39 is 20.7 Å². The van der Waals surface area contributed by atoms with E-state index in [1.807, 2.05) is 0 Å². The van der Waals surface area contributed by atoms with E-state index in [9.17, 15) is 23.3 Å². The van der Waals surface area contributed by atoms with Crippen LogP contribution in [0.25, 0.3) is 10.2 Å². The Bertz CT molecular complexity index is 1320. The molecular weight excluding hydrogens is 442 g/mol. The molecule has 11 heteroatoms. The number of fused-ring (bicyclic) bond motifs is 1. The first-order chi connectivity index (χ1) is 14.7. The molecule has 0 N–H and O–H groups in total. The molecule has 3 aromatic rings. The Morgan fingerprint density at radius 1 is 1.29 bits per heavy atom. The van der Waals surface area contributed by atoms with Gasteiger partial charge in [0.2, 0.25) is 5.91 Å². The summed E-state index contributed by atoms with van der Waals surface area (Å²) in [5.74, 6) is -0.461. The van der Waals surface area contributed by atoms with Gasteiger partial charge in [-0.1, -0.05) is 17.4 Å². The number of rotatable bonds is 8. The summed E-state index contributed by atoms with van der Waals surface area (Å²) in [6.45, 7) is 3.96. The van der Waals surface area contributed by atoms with Crippen molar-refractivity contribution < 1.29 is 22.9 Å². The molecule has 0 saturated carbocycles. The highest BCUT2D eigenvalue weighted by Gasteiger charge is 2.17. The molecule has 0 atom stereocenters. The second kappa shape index (κ2) is 9.23. The first-order valence-electron chi connectivity index (χ1n) is 9.08. The average molecular weight is 462 g/mol. The number of hydrogen-bond acceptors (Lipinski definition) is 7. The molecule has 1 heterocycles. The van der Waals surface area contributed by atoms with Gasteiger partial charge in [0.25, 0.3) is 5.69 Å². The molecule has 0 bridgehead atoms. The van der Waals surface area contributed by atoms with Gasteiger partial charge in [0, 0.05) is 25.1 Å². The molecule has 3 rings (SSSR count). The largest absolute Gasteiger partial charge is 0.497 e. The third kappa shape index (κ3) is 5.06. The maximum absolute atomic E-state index is 12.5. The number of nitro benzene ring substituents is 1. The number of methoxy groups -OCH3 is 1. The van der Waals surface area contributed by atoms with Gasteiger partial charge in [0.1, 0.15) is 5.75 Å². The molecule has 0 radical (unpaired) electrons. The summed E-state index contributed by atoms with van der Waals surface area (Å²) in [4.78, 5) is 27.4. The second-order valence-corrected chi connectivity index (χ2v) is 9.56. The molecule has 0 aliphatic carbocycles. The van der Waals surface area contributed by atoms with E-state index in [0.29, 0.717) is 20.8 Å². The summed E-state index contributed by atoms with van der Waals surface area (Å²) < 4.78 is 32.3. The Morgan fingerprint density at radius 3 is 2.61 bits per heavy atom. The van der Waals surface area contributed by atoms with Crippen LogP contribution in [0.2, 0.25) is 0 Å². The van der Waals surface area contributed by atoms with Gasteiger partial charge in [0.05, 0.1) is 32.9 Å². The van der Waals surface area contributed by atoms with Crippen LogP contribution in [0, 0.1) is 10.1 Å². The van der Waals surface area contributed by atoms with Crippen molar-refractivity contribution >= 4 is 43.0 Å². The molecule has 0 aliphatic rings. The number of ether oxygens (including phenoxy) is 1. The second-order valence-electron chi connectivity index (χ2n) is 6.44. The summed E-state index contributed by atoms with van der Waals surface area (Å²) >= 11 is 1.19. The van der Waals surface area contributed by atoms with Crippen molar-refractivity contribution in [2.75, 3.05) is 12.9 Å². The van der Waals surface area contributed by atoms with Crippen molar-refractivity contribution in [1.29, 1.82) is 0 Å². The van der Waals surface area contributed by atoms with Crippen molar-refractivity contribution in [3.63, 3.8) is 0 Å². The highest BCUT2D eigenvalue weighted by molar-refractivity contribution is 7.91. The topological polar surface area (TPSA) is 121 Å². The predicted molar refractivity (Wildman–Crippen MR) is 117 cm³/mol. The number of amides is 1. The number of non-ortho nitro benzene ring substituents is 1. The number of benzene rings is 2. The van der Waals surface area contributed by atoms with Crippen LogP contribution in [0.5, 0.6) is 5.75 Å². The molecule has 31 heavy (non-hydrogen) atoms. The van der Waals surface area contributed by atoms with Crippen molar-refractivity contribution in [1.82, 2.24) is 4.57 Å². The number of nitro groups is 1. The number of nitrogens with zero attached hydrogens (tertiary/aromatic N) is 3. The van der Waals surface area contributed by atoms with Crippen molar-refractivity contribution in [2.24, 2.45) is 4.99 Å². The fourth-order valence-corrected chi connectivity index (χ4v) is 5.11. The SMILES string of the molecule is C=CCn1c(=NC(=O)CCS(=O)(=O)c2ccc(OC)cc2)sc2ccc([N+](=O)[O-])cc21. The third-order valence-electron chi connectivity index (χ3n) is 4.41. The number of sulfone groups is 1. The molecule has 2 aromatic carbocycles. The first-order valence-corrected chi connectivity index (χ1v) is 11.5. The van der Waals surface area contributed by atoms with E-state index in [1.54, 1.807) is 16.7 Å². The van der Waals surface area contributed by atoms with Gasteiger partial charge in [-0.15, -0.1) is 6.58 Å². The molecule has 1 amide bonds. The van der Waals surface area contributed by atoms with Gasteiger partial charge in [-0.25, -0.2) is 8.42 Å². The maximum atomic E-state index is 12.5. The van der Waals surface area contributed by atoms with Gasteiger partial charge in [-0.2, -0.15) is 4.99 Å². The lowest BCUT2D eigenvalue weighted by molar-refractivity contribution is -0.384. The Hall–Kier alpha value is -3.31. The van der Waals surface area contributed by atoms with Crippen LogP contribution >= 0.6 is 11.3 Å². The highest BCUT2D eigenvalue weighted by atomic mass is 32.2. The smallest absolute Gasteiger partial charge is 0.271 e. The summed E-state index contributed by atoms with van der Waals surface area (Å²) in [6, 6.07) is 10.3. The molecular formula is C20H19N3O6S2. The number of carbonyl (C=O) groups excluding carboxylic acids is 1. The van der Waals surface area contributed by atoms with Gasteiger partial charge in [0.15, 0.2) is 14.6 Å². The van der Waals surface area contributed by atoms with E-state index in [4.69, 9.17) is 4.74 Å². The van der Waals surface area contributed by atoms with Crippen LogP contribution < -0.4 is 9.54 Å². The summed E-state index contributed by atoms with van der Waals surface area (Å²) in [5.41, 5.74) is 0.475. The number of carbonyl (C=O) groups is 1. The van der Waals surface area contributed by atoms with Gasteiger partial charge in [-0.3, -0.25) is 14.9 Å². The fraction of sp³-hybridized carbons (Fsp3) is 0.200. The molecule has 9 nitrogen and oxygen atoms in total. The summed E-state index contributed by atoms with van der Waals surface area (Å²) in [6.07, 6.45) is 1.29. The Balaban J connectivity index is 1.86. The molecule has 0 spiro atoms. The molecule has 0 saturated heterocycles. The van der Waals surface area contributed by atoms with Crippen LogP contribution in [-0.2, 0) is 21.2 Å². The number of hydrogen-bond donors (Lipinski definition) is 0. The van der Waals surface area contributed by atoms with E-state index in [2.05, 4.69) is 11.6 Å². The monoisotopic (exact) mass is 461 g/mol. The minimum atomic E-state index is -3.66. The van der Waals surface area contributed by atoms with E-state index in [0.717, 1.165) is 0 Å². The van der Waals surface area contributed by atoms with E-state index >= 15 is 0 Å². The first kappa shape index (κ1) is 22.4. The van der Waals surface area contributed by atoms with Crippen LogP contribution in [0.15, 0.2) is 65.0 Å². The predicted octanol–water partition coefficient (Wildman–Crippen LogP) is 3.10. The van der Waals surface area contributed by atoms with Gasteiger partial charge < -0.3 is 9.30 Å². The summed E-state index contributed by atoms with van der Waals surface area (Å²) in [5, 5.41) is 11.1. The quantitative estimate of drug-likeness (QED) is 0.289. The lowest BCUT2D eigenvalue weighted by Gasteiger charge is -2.04. The van der Waals surface area contributed by atoms with Crippen LogP contribution in [-0.4, -0.2) is 36.7 Å². The minimum absolute atomic E-state index is 0.0772. The lowest BCUT2D eigenvalue weighted by Crippen LogP contribution is -2.17. The van der Waals surface area contributed by atoms with Crippen molar-refractivity contribution in [3.05, 3.63) is 70.0 Å². The zero-order chi connectivity index (χ0) is 22.6. The van der Waals surface area contributed by atoms with Crippen LogP contribution in [0.3, 0.4) is 0 Å². The standard InChI is InChI=1S/C20H19N3O6S2/c1-3-11-22-17-13-14(23(25)26)4-9-18(17)30-20(22)21-19(24)10-12-31(27,28)16-7-5-15(29-2)6-8-16/h3-9,13H,1,10-12H2,2H3. The molecule has 0 aliphatic heterocycles. The number of aromatic nitrogens is 1. The molecule has 1 aromatic heterocycles. The van der Waals surface area contributed by atoms with Crippen LogP contribution in [0.4, 0.5) is 5.69 Å². The summed E-state index contributed by atoms with van der Waals surface area (Å²) in [7, 11) is -2.18. The average Bonchev–Trinajstić information content (AvgIpc) is 3.09. The van der Waals surface area contributed by atoms with Crippen LogP contribution in [0.1, 0.15) is 6.42 Å². The highest BCUT2D eigenvalue weighted by Crippen LogP contribution is 2.23. The van der Waals surface area contributed by atoms with Gasteiger partial charge in [-0.05, 0) is 30.3 Å². The lowest BCUT2D eigenvalue weighted by atomic mass is 10.3. The Morgan fingerprint density at radius 2 is 2.00 bits per heavy atom. The number of thiazole rings is 1. The van der Waals surface area contributed by atoms with E-state index in [-0.39, 0.29) is 29.3 Å². The van der Waals surface area contributed by atoms with Crippen molar-refractivity contribution in [3.8, 4) is 5.75 Å². The zero-order valence-electron chi connectivity index (χ0n) is 16.6. The third-order valence-corrected chi connectivity index (χ3v) is 7.20. The fourth-order valence-electron chi connectivity index (χ4n) is 2.85. The normalized spacial score (nSPS) is 12.1. The zero-order valence-corrected chi connectivity index (χ0v) is 18.2. The maximum Gasteiger partial charge on any atom is 0.271 e. The number of allylic oxidation sites excluding steroid dienone is 1. The van der Waals surface area contributed by atoms with E-state index in [1.165, 1.54) is 54.8 Å². The van der Waals surface area contributed by atoms with Crippen molar-refractivity contribution in [2.45, 2.75) is 17.9 Å². The minimum Gasteiger partial charge on any atom is -0.497 e. The van der Waals surface area contributed by atoms with Gasteiger partial charge >= 0.3 is 0 Å². The Labute approximate surface area is 182 Å². The molecule has 0 unspecified atom stereocenters. The molecule has 162 valence electrons. The Kier molecular flexibility index (Phi) is 6.66.